The molecule has 0 fully saturated rings. The van der Waals surface area contributed by atoms with Gasteiger partial charge in [-0.3, -0.25) is 4.98 Å². The van der Waals surface area contributed by atoms with Crippen LogP contribution in [0.25, 0.3) is 11.0 Å². The number of hydrogen-bond acceptors (Lipinski definition) is 3. The van der Waals surface area contributed by atoms with Crippen LogP contribution in [0.5, 0.6) is 0 Å². The summed E-state index contributed by atoms with van der Waals surface area (Å²) in [6, 6.07) is 7.83. The Balaban J connectivity index is 2.13. The third-order valence-corrected chi connectivity index (χ3v) is 3.18. The van der Waals surface area contributed by atoms with Crippen LogP contribution in [0, 0.1) is 12.7 Å². The number of aryl methyl sites for hydroxylation is 1. The molecule has 3 aromatic rings. The number of fused-ring (bicyclic) bond motifs is 1. The Bertz CT molecular complexity index is 722. The molecular formula is C15H12FNO2. The van der Waals surface area contributed by atoms with Gasteiger partial charge >= 0.3 is 0 Å². The summed E-state index contributed by atoms with van der Waals surface area (Å²) in [5.74, 6) is 0.104. The summed E-state index contributed by atoms with van der Waals surface area (Å²) in [5.41, 5.74) is 1.95. The van der Waals surface area contributed by atoms with E-state index in [4.69, 9.17) is 4.42 Å². The molecule has 1 aromatic carbocycles. The molecule has 2 aromatic heterocycles. The summed E-state index contributed by atoms with van der Waals surface area (Å²) in [6.45, 7) is 1.81. The Morgan fingerprint density at radius 2 is 2.16 bits per heavy atom. The summed E-state index contributed by atoms with van der Waals surface area (Å²) in [7, 11) is 0. The average molecular weight is 257 g/mol. The number of aromatic nitrogens is 1. The fraction of sp³-hybridized carbons (Fsp3) is 0.133. The van der Waals surface area contributed by atoms with Crippen molar-refractivity contribution in [3.63, 3.8) is 0 Å². The first kappa shape index (κ1) is 11.9. The number of halogens is 1. The molecule has 0 spiro atoms. The van der Waals surface area contributed by atoms with Gasteiger partial charge in [-0.1, -0.05) is 6.07 Å². The van der Waals surface area contributed by atoms with Crippen molar-refractivity contribution < 1.29 is 13.9 Å². The molecule has 19 heavy (non-hydrogen) atoms. The maximum absolute atomic E-state index is 13.2. The molecule has 0 saturated carbocycles. The van der Waals surface area contributed by atoms with Gasteiger partial charge in [0.05, 0.1) is 0 Å². The zero-order valence-electron chi connectivity index (χ0n) is 10.3. The highest BCUT2D eigenvalue weighted by Crippen LogP contribution is 2.32. The van der Waals surface area contributed by atoms with Crippen molar-refractivity contribution in [1.29, 1.82) is 0 Å². The van der Waals surface area contributed by atoms with Crippen LogP contribution in [0.15, 0.2) is 47.1 Å². The van der Waals surface area contributed by atoms with E-state index in [9.17, 15) is 9.50 Å². The molecule has 1 atom stereocenters. The minimum absolute atomic E-state index is 0.321. The molecule has 3 rings (SSSR count). The molecule has 0 aliphatic rings. The summed E-state index contributed by atoms with van der Waals surface area (Å²) < 4.78 is 18.9. The van der Waals surface area contributed by atoms with E-state index in [2.05, 4.69) is 4.98 Å². The van der Waals surface area contributed by atoms with Gasteiger partial charge in [0.1, 0.15) is 23.3 Å². The van der Waals surface area contributed by atoms with Crippen LogP contribution in [0.4, 0.5) is 4.39 Å². The van der Waals surface area contributed by atoms with Gasteiger partial charge in [0.2, 0.25) is 0 Å². The van der Waals surface area contributed by atoms with E-state index in [0.29, 0.717) is 22.3 Å². The zero-order valence-corrected chi connectivity index (χ0v) is 10.3. The minimum atomic E-state index is -0.899. The fourth-order valence-corrected chi connectivity index (χ4v) is 2.16. The van der Waals surface area contributed by atoms with Crippen molar-refractivity contribution in [3.05, 3.63) is 65.4 Å². The predicted molar refractivity (Wildman–Crippen MR) is 69.2 cm³/mol. The quantitative estimate of drug-likeness (QED) is 0.765. The number of hydrogen-bond donors (Lipinski definition) is 1. The van der Waals surface area contributed by atoms with Crippen LogP contribution < -0.4 is 0 Å². The Kier molecular flexibility index (Phi) is 2.80. The third-order valence-electron chi connectivity index (χ3n) is 3.18. The normalized spacial score (nSPS) is 12.8. The molecule has 0 saturated heterocycles. The van der Waals surface area contributed by atoms with Gasteiger partial charge < -0.3 is 9.52 Å². The SMILES string of the molecule is Cc1c(C(O)c2cccnc2)oc2ccc(F)cc12. The van der Waals surface area contributed by atoms with Crippen molar-refractivity contribution in [3.8, 4) is 0 Å². The van der Waals surface area contributed by atoms with E-state index >= 15 is 0 Å². The highest BCUT2D eigenvalue weighted by molar-refractivity contribution is 5.82. The van der Waals surface area contributed by atoms with Gasteiger partial charge in [0.15, 0.2) is 0 Å². The van der Waals surface area contributed by atoms with Crippen LogP contribution in [0.3, 0.4) is 0 Å². The first-order chi connectivity index (χ1) is 9.16. The van der Waals surface area contributed by atoms with Crippen molar-refractivity contribution >= 4 is 11.0 Å². The zero-order chi connectivity index (χ0) is 13.4. The van der Waals surface area contributed by atoms with E-state index in [-0.39, 0.29) is 5.82 Å². The molecule has 2 heterocycles. The number of pyridine rings is 1. The van der Waals surface area contributed by atoms with E-state index in [1.807, 2.05) is 0 Å². The molecule has 0 bridgehead atoms. The number of nitrogens with zero attached hydrogens (tertiary/aromatic N) is 1. The van der Waals surface area contributed by atoms with Gasteiger partial charge in [0, 0.05) is 28.9 Å². The Morgan fingerprint density at radius 3 is 2.89 bits per heavy atom. The molecular weight excluding hydrogens is 245 g/mol. The van der Waals surface area contributed by atoms with Gasteiger partial charge in [0.25, 0.3) is 0 Å². The lowest BCUT2D eigenvalue weighted by molar-refractivity contribution is 0.191. The van der Waals surface area contributed by atoms with E-state index in [0.717, 1.165) is 5.56 Å². The Labute approximate surface area is 109 Å². The molecule has 4 heteroatoms. The van der Waals surface area contributed by atoms with E-state index in [1.165, 1.54) is 12.1 Å². The second-order valence-corrected chi connectivity index (χ2v) is 4.42. The first-order valence-corrected chi connectivity index (χ1v) is 5.93. The van der Waals surface area contributed by atoms with Gasteiger partial charge in [-0.15, -0.1) is 0 Å². The Morgan fingerprint density at radius 1 is 1.32 bits per heavy atom. The highest BCUT2D eigenvalue weighted by Gasteiger charge is 2.20. The summed E-state index contributed by atoms with van der Waals surface area (Å²) in [5, 5.41) is 11.0. The Hall–Kier alpha value is -2.20. The second-order valence-electron chi connectivity index (χ2n) is 4.42. The molecule has 3 nitrogen and oxygen atoms in total. The predicted octanol–water partition coefficient (Wildman–Crippen LogP) is 3.36. The van der Waals surface area contributed by atoms with E-state index in [1.54, 1.807) is 37.5 Å². The summed E-state index contributed by atoms with van der Waals surface area (Å²) >= 11 is 0. The van der Waals surface area contributed by atoms with Crippen LogP contribution in [0.2, 0.25) is 0 Å². The largest absolute Gasteiger partial charge is 0.458 e. The van der Waals surface area contributed by atoms with Gasteiger partial charge in [-0.25, -0.2) is 4.39 Å². The molecule has 1 unspecified atom stereocenters. The number of aliphatic hydroxyl groups excluding tert-OH is 1. The topological polar surface area (TPSA) is 46.3 Å². The molecule has 0 aliphatic heterocycles. The number of furan rings is 1. The first-order valence-electron chi connectivity index (χ1n) is 5.93. The smallest absolute Gasteiger partial charge is 0.141 e. The highest BCUT2D eigenvalue weighted by atomic mass is 19.1. The van der Waals surface area contributed by atoms with Crippen molar-refractivity contribution in [2.45, 2.75) is 13.0 Å². The van der Waals surface area contributed by atoms with Crippen LogP contribution in [-0.2, 0) is 0 Å². The number of aliphatic hydroxyl groups is 1. The lowest BCUT2D eigenvalue weighted by Crippen LogP contribution is -2.00. The molecule has 0 aliphatic carbocycles. The van der Waals surface area contributed by atoms with Crippen LogP contribution in [0.1, 0.15) is 23.0 Å². The minimum Gasteiger partial charge on any atom is -0.458 e. The number of benzene rings is 1. The fourth-order valence-electron chi connectivity index (χ4n) is 2.16. The number of rotatable bonds is 2. The average Bonchev–Trinajstić information content (AvgIpc) is 2.76. The van der Waals surface area contributed by atoms with Gasteiger partial charge in [-0.2, -0.15) is 0 Å². The maximum atomic E-state index is 13.2. The van der Waals surface area contributed by atoms with Crippen LogP contribution in [-0.4, -0.2) is 10.1 Å². The maximum Gasteiger partial charge on any atom is 0.141 e. The summed E-state index contributed by atoms with van der Waals surface area (Å²) in [6.07, 6.45) is 2.32. The lowest BCUT2D eigenvalue weighted by Gasteiger charge is -2.08. The molecule has 0 amide bonds. The van der Waals surface area contributed by atoms with Crippen molar-refractivity contribution in [1.82, 2.24) is 4.98 Å². The van der Waals surface area contributed by atoms with Gasteiger partial charge in [-0.05, 0) is 31.2 Å². The summed E-state index contributed by atoms with van der Waals surface area (Å²) in [4.78, 5) is 3.97. The second kappa shape index (κ2) is 4.48. The standard InChI is InChI=1S/C15H12FNO2/c1-9-12-7-11(16)4-5-13(12)19-15(9)14(18)10-3-2-6-17-8-10/h2-8,14,18H,1H3. The monoisotopic (exact) mass is 257 g/mol. The molecule has 96 valence electrons. The third kappa shape index (κ3) is 2.00. The van der Waals surface area contributed by atoms with Crippen molar-refractivity contribution in [2.75, 3.05) is 0 Å². The van der Waals surface area contributed by atoms with E-state index < -0.39 is 6.10 Å². The van der Waals surface area contributed by atoms with Crippen LogP contribution >= 0.6 is 0 Å². The lowest BCUT2D eigenvalue weighted by atomic mass is 10.0. The molecule has 1 N–H and O–H groups in total. The van der Waals surface area contributed by atoms with Crippen molar-refractivity contribution in [2.24, 2.45) is 0 Å². The molecule has 0 radical (unpaired) electrons.